The summed E-state index contributed by atoms with van der Waals surface area (Å²) in [5.74, 6) is 4.65. The van der Waals surface area contributed by atoms with Gasteiger partial charge in [0.2, 0.25) is 0 Å². The number of carbonyl (C=O) groups excluding carboxylic acids is 1. The second-order valence-corrected chi connectivity index (χ2v) is 6.94. The molecule has 0 aliphatic carbocycles. The largest absolute Gasteiger partial charge is 0.405 e. The van der Waals surface area contributed by atoms with Gasteiger partial charge in [-0.1, -0.05) is 20.8 Å². The standard InChI is InChI=1S/C17H21F3N4O/c1-9-5-13(15(25)24-21)23-14-11(9)6-10(22-8-17(18,19)20)7-12(14)16(2,3)4/h5-7,22H,8,21H2,1-4H3,(H,24,25). The van der Waals surface area contributed by atoms with Crippen molar-refractivity contribution in [3.63, 3.8) is 0 Å². The Kier molecular flexibility index (Phi) is 4.94. The van der Waals surface area contributed by atoms with Crippen molar-refractivity contribution in [2.24, 2.45) is 5.84 Å². The first kappa shape index (κ1) is 19.0. The third kappa shape index (κ3) is 4.39. The summed E-state index contributed by atoms with van der Waals surface area (Å²) in [5, 5.41) is 3.10. The molecule has 0 aliphatic rings. The van der Waals surface area contributed by atoms with Crippen molar-refractivity contribution in [3.05, 3.63) is 35.0 Å². The number of benzene rings is 1. The van der Waals surface area contributed by atoms with Crippen LogP contribution in [0, 0.1) is 6.92 Å². The summed E-state index contributed by atoms with van der Waals surface area (Å²) in [5.41, 5.74) is 4.22. The van der Waals surface area contributed by atoms with Gasteiger partial charge < -0.3 is 5.32 Å². The summed E-state index contributed by atoms with van der Waals surface area (Å²) in [6.07, 6.45) is -4.31. The number of alkyl halides is 3. The highest BCUT2D eigenvalue weighted by Gasteiger charge is 2.27. The van der Waals surface area contributed by atoms with Gasteiger partial charge in [0, 0.05) is 11.1 Å². The van der Waals surface area contributed by atoms with E-state index < -0.39 is 18.6 Å². The zero-order chi connectivity index (χ0) is 19.0. The molecule has 0 fully saturated rings. The number of aryl methyl sites for hydroxylation is 1. The number of fused-ring (bicyclic) bond motifs is 1. The number of hydrogen-bond acceptors (Lipinski definition) is 4. The molecule has 0 saturated heterocycles. The molecule has 0 spiro atoms. The second kappa shape index (κ2) is 6.51. The molecule has 4 N–H and O–H groups in total. The zero-order valence-electron chi connectivity index (χ0n) is 14.5. The maximum Gasteiger partial charge on any atom is 0.405 e. The molecule has 0 unspecified atom stereocenters. The minimum Gasteiger partial charge on any atom is -0.376 e. The number of rotatable bonds is 3. The molecule has 8 heteroatoms. The molecule has 0 bridgehead atoms. The maximum absolute atomic E-state index is 12.5. The number of nitrogen functional groups attached to an aromatic ring is 1. The smallest absolute Gasteiger partial charge is 0.376 e. The summed E-state index contributed by atoms with van der Waals surface area (Å²) in [4.78, 5) is 16.2. The lowest BCUT2D eigenvalue weighted by atomic mass is 9.84. The van der Waals surface area contributed by atoms with Gasteiger partial charge in [0.15, 0.2) is 0 Å². The van der Waals surface area contributed by atoms with E-state index in [0.29, 0.717) is 16.6 Å². The normalized spacial score (nSPS) is 12.3. The van der Waals surface area contributed by atoms with Gasteiger partial charge in [-0.3, -0.25) is 10.2 Å². The van der Waals surface area contributed by atoms with E-state index in [1.54, 1.807) is 25.1 Å². The van der Waals surface area contributed by atoms with Crippen molar-refractivity contribution in [2.75, 3.05) is 11.9 Å². The monoisotopic (exact) mass is 354 g/mol. The van der Waals surface area contributed by atoms with E-state index in [0.717, 1.165) is 11.1 Å². The Morgan fingerprint density at radius 3 is 2.36 bits per heavy atom. The Balaban J connectivity index is 2.67. The summed E-state index contributed by atoms with van der Waals surface area (Å²) in [7, 11) is 0. The molecule has 0 aliphatic heterocycles. The SMILES string of the molecule is Cc1cc(C(=O)NN)nc2c(C(C)(C)C)cc(NCC(F)(F)F)cc12. The Bertz CT molecular complexity index is 810. The molecule has 1 aromatic heterocycles. The van der Waals surface area contributed by atoms with Gasteiger partial charge in [0.05, 0.1) is 5.52 Å². The number of aromatic nitrogens is 1. The van der Waals surface area contributed by atoms with Crippen LogP contribution < -0.4 is 16.6 Å². The van der Waals surface area contributed by atoms with Crippen molar-refractivity contribution >= 4 is 22.5 Å². The Morgan fingerprint density at radius 2 is 1.84 bits per heavy atom. The molecular weight excluding hydrogens is 333 g/mol. The number of nitrogens with one attached hydrogen (secondary N) is 2. The molecule has 5 nitrogen and oxygen atoms in total. The van der Waals surface area contributed by atoms with E-state index in [1.165, 1.54) is 0 Å². The molecule has 0 saturated carbocycles. The molecule has 2 aromatic rings. The minimum absolute atomic E-state index is 0.161. The van der Waals surface area contributed by atoms with Crippen LogP contribution in [0.4, 0.5) is 18.9 Å². The van der Waals surface area contributed by atoms with Crippen molar-refractivity contribution < 1.29 is 18.0 Å². The quantitative estimate of drug-likeness (QED) is 0.448. The van der Waals surface area contributed by atoms with Gasteiger partial charge >= 0.3 is 6.18 Å². The van der Waals surface area contributed by atoms with Gasteiger partial charge in [-0.15, -0.1) is 0 Å². The topological polar surface area (TPSA) is 80.0 Å². The molecule has 1 aromatic carbocycles. The van der Waals surface area contributed by atoms with Crippen LogP contribution in [0.15, 0.2) is 18.2 Å². The Hall–Kier alpha value is -2.35. The third-order valence-corrected chi connectivity index (χ3v) is 3.78. The molecule has 2 rings (SSSR count). The van der Waals surface area contributed by atoms with Crippen molar-refractivity contribution in [1.29, 1.82) is 0 Å². The van der Waals surface area contributed by atoms with Crippen LogP contribution in [-0.4, -0.2) is 23.6 Å². The Labute approximate surface area is 143 Å². The Morgan fingerprint density at radius 1 is 1.20 bits per heavy atom. The third-order valence-electron chi connectivity index (χ3n) is 3.78. The van der Waals surface area contributed by atoms with Crippen LogP contribution in [0.1, 0.15) is 42.4 Å². The van der Waals surface area contributed by atoms with Crippen LogP contribution in [0.25, 0.3) is 10.9 Å². The summed E-state index contributed by atoms with van der Waals surface area (Å²) in [6, 6.07) is 4.82. The van der Waals surface area contributed by atoms with Crippen LogP contribution in [0.2, 0.25) is 0 Å². The average molecular weight is 354 g/mol. The lowest BCUT2D eigenvalue weighted by Gasteiger charge is -2.23. The summed E-state index contributed by atoms with van der Waals surface area (Å²) < 4.78 is 37.6. The first-order valence-corrected chi connectivity index (χ1v) is 7.70. The van der Waals surface area contributed by atoms with E-state index in [2.05, 4.69) is 10.3 Å². The van der Waals surface area contributed by atoms with Gasteiger partial charge in [-0.2, -0.15) is 13.2 Å². The van der Waals surface area contributed by atoms with Crippen LogP contribution in [0.3, 0.4) is 0 Å². The molecular formula is C17H21F3N4O. The minimum atomic E-state index is -4.31. The number of nitrogens with zero attached hydrogens (tertiary/aromatic N) is 1. The number of carbonyl (C=O) groups is 1. The van der Waals surface area contributed by atoms with Crippen LogP contribution in [0.5, 0.6) is 0 Å². The highest BCUT2D eigenvalue weighted by molar-refractivity contribution is 5.97. The molecule has 136 valence electrons. The van der Waals surface area contributed by atoms with Crippen molar-refractivity contribution in [1.82, 2.24) is 10.4 Å². The number of pyridine rings is 1. The molecule has 25 heavy (non-hydrogen) atoms. The number of amides is 1. The van der Waals surface area contributed by atoms with Gasteiger partial charge in [-0.05, 0) is 41.7 Å². The molecule has 1 heterocycles. The maximum atomic E-state index is 12.5. The first-order valence-electron chi connectivity index (χ1n) is 7.70. The fraction of sp³-hybridized carbons (Fsp3) is 0.412. The average Bonchev–Trinajstić information content (AvgIpc) is 2.50. The summed E-state index contributed by atoms with van der Waals surface area (Å²) in [6.45, 7) is 6.45. The second-order valence-electron chi connectivity index (χ2n) is 6.94. The lowest BCUT2D eigenvalue weighted by molar-refractivity contribution is -0.115. The highest BCUT2D eigenvalue weighted by Crippen LogP contribution is 2.34. The number of hydrazine groups is 1. The fourth-order valence-electron chi connectivity index (χ4n) is 2.56. The van der Waals surface area contributed by atoms with E-state index in [9.17, 15) is 18.0 Å². The highest BCUT2D eigenvalue weighted by atomic mass is 19.4. The predicted octanol–water partition coefficient (Wildman–Crippen LogP) is 3.42. The molecule has 0 atom stereocenters. The van der Waals surface area contributed by atoms with Crippen molar-refractivity contribution in [3.8, 4) is 0 Å². The van der Waals surface area contributed by atoms with E-state index in [1.807, 2.05) is 26.2 Å². The number of hydrogen-bond donors (Lipinski definition) is 3. The molecule has 1 amide bonds. The lowest BCUT2D eigenvalue weighted by Crippen LogP contribution is -2.31. The van der Waals surface area contributed by atoms with Gasteiger partial charge in [0.25, 0.3) is 5.91 Å². The summed E-state index contributed by atoms with van der Waals surface area (Å²) >= 11 is 0. The fourth-order valence-corrected chi connectivity index (χ4v) is 2.56. The van der Waals surface area contributed by atoms with Crippen molar-refractivity contribution in [2.45, 2.75) is 39.3 Å². The molecule has 0 radical (unpaired) electrons. The van der Waals surface area contributed by atoms with Crippen LogP contribution >= 0.6 is 0 Å². The number of anilines is 1. The number of nitrogens with two attached hydrogens (primary N) is 1. The van der Waals surface area contributed by atoms with Gasteiger partial charge in [0.1, 0.15) is 12.2 Å². The van der Waals surface area contributed by atoms with Crippen LogP contribution in [-0.2, 0) is 5.41 Å². The zero-order valence-corrected chi connectivity index (χ0v) is 14.5. The first-order chi connectivity index (χ1) is 11.4. The van der Waals surface area contributed by atoms with E-state index in [4.69, 9.17) is 5.84 Å². The predicted molar refractivity (Wildman–Crippen MR) is 91.4 cm³/mol. The van der Waals surface area contributed by atoms with E-state index >= 15 is 0 Å². The van der Waals surface area contributed by atoms with Gasteiger partial charge in [-0.25, -0.2) is 10.8 Å². The van der Waals surface area contributed by atoms with E-state index in [-0.39, 0.29) is 11.1 Å². The number of halogens is 3.